The van der Waals surface area contributed by atoms with Gasteiger partial charge in [0.15, 0.2) is 0 Å². The topological polar surface area (TPSA) is 41.1 Å². The number of nitrogens with one attached hydrogen (secondary N) is 2. The highest BCUT2D eigenvalue weighted by atomic mass is 16.2. The van der Waals surface area contributed by atoms with E-state index in [2.05, 4.69) is 41.8 Å². The van der Waals surface area contributed by atoms with Gasteiger partial charge >= 0.3 is 0 Å². The molecule has 0 spiro atoms. The minimum atomic E-state index is -0.391. The number of amides is 1. The van der Waals surface area contributed by atoms with Crippen LogP contribution >= 0.6 is 0 Å². The maximum Gasteiger partial charge on any atom is 0.240 e. The summed E-state index contributed by atoms with van der Waals surface area (Å²) in [5.41, 5.74) is 2.09. The van der Waals surface area contributed by atoms with Crippen LogP contribution in [0.5, 0.6) is 0 Å². The van der Waals surface area contributed by atoms with Gasteiger partial charge in [-0.3, -0.25) is 4.79 Å². The van der Waals surface area contributed by atoms with Gasteiger partial charge in [-0.05, 0) is 50.8 Å². The lowest BCUT2D eigenvalue weighted by Crippen LogP contribution is -2.51. The molecule has 19 heavy (non-hydrogen) atoms. The van der Waals surface area contributed by atoms with E-state index in [4.69, 9.17) is 0 Å². The number of aryl methyl sites for hydroxylation is 1. The van der Waals surface area contributed by atoms with Crippen LogP contribution in [0.2, 0.25) is 0 Å². The Morgan fingerprint density at radius 3 is 2.63 bits per heavy atom. The molecule has 0 saturated carbocycles. The Bertz CT molecular complexity index is 433. The predicted molar refractivity (Wildman–Crippen MR) is 78.0 cm³/mol. The lowest BCUT2D eigenvalue weighted by molar-refractivity contribution is -0.127. The first-order valence-corrected chi connectivity index (χ1v) is 7.20. The summed E-state index contributed by atoms with van der Waals surface area (Å²) in [5.74, 6) is 0.108. The summed E-state index contributed by atoms with van der Waals surface area (Å²) in [5, 5.41) is 6.41. The first-order chi connectivity index (χ1) is 9.05. The van der Waals surface area contributed by atoms with Crippen molar-refractivity contribution in [1.82, 2.24) is 10.6 Å². The molecule has 0 aromatic heterocycles. The molecule has 0 radical (unpaired) electrons. The molecule has 2 atom stereocenters. The summed E-state index contributed by atoms with van der Waals surface area (Å²) < 4.78 is 0. The summed E-state index contributed by atoms with van der Waals surface area (Å²) in [6.07, 6.45) is 3.03. The first-order valence-electron chi connectivity index (χ1n) is 7.20. The quantitative estimate of drug-likeness (QED) is 0.873. The Hall–Kier alpha value is -1.35. The maximum absolute atomic E-state index is 12.3. The van der Waals surface area contributed by atoms with Crippen molar-refractivity contribution in [3.63, 3.8) is 0 Å². The number of rotatable bonds is 4. The van der Waals surface area contributed by atoms with Gasteiger partial charge in [-0.1, -0.05) is 31.2 Å². The second-order valence-electron chi connectivity index (χ2n) is 5.65. The van der Waals surface area contributed by atoms with E-state index in [1.54, 1.807) is 0 Å². The molecule has 0 bridgehead atoms. The Labute approximate surface area is 115 Å². The highest BCUT2D eigenvalue weighted by molar-refractivity contribution is 5.86. The third kappa shape index (κ3) is 3.16. The van der Waals surface area contributed by atoms with Crippen molar-refractivity contribution in [2.45, 2.75) is 51.6 Å². The lowest BCUT2D eigenvalue weighted by Gasteiger charge is -2.26. The van der Waals surface area contributed by atoms with Crippen molar-refractivity contribution in [3.05, 3.63) is 35.4 Å². The van der Waals surface area contributed by atoms with Gasteiger partial charge in [-0.25, -0.2) is 0 Å². The largest absolute Gasteiger partial charge is 0.348 e. The van der Waals surface area contributed by atoms with Gasteiger partial charge in [0.25, 0.3) is 0 Å². The minimum Gasteiger partial charge on any atom is -0.348 e. The van der Waals surface area contributed by atoms with Crippen LogP contribution in [0.15, 0.2) is 24.3 Å². The van der Waals surface area contributed by atoms with Gasteiger partial charge in [0, 0.05) is 0 Å². The number of carbonyl (C=O) groups is 1. The van der Waals surface area contributed by atoms with E-state index in [1.165, 1.54) is 5.56 Å². The molecule has 2 unspecified atom stereocenters. The van der Waals surface area contributed by atoms with Crippen LogP contribution in [0.4, 0.5) is 0 Å². The average molecular weight is 260 g/mol. The smallest absolute Gasteiger partial charge is 0.240 e. The van der Waals surface area contributed by atoms with E-state index in [0.717, 1.165) is 31.4 Å². The molecule has 104 valence electrons. The van der Waals surface area contributed by atoms with Gasteiger partial charge in [-0.15, -0.1) is 0 Å². The predicted octanol–water partition coefficient (Wildman–Crippen LogP) is 2.57. The third-order valence-corrected chi connectivity index (χ3v) is 4.11. The number of carbonyl (C=O) groups excluding carboxylic acids is 1. The summed E-state index contributed by atoms with van der Waals surface area (Å²) in [6.45, 7) is 7.11. The SMILES string of the molecule is CCc1ccc(C(C)NC(=O)C2(C)CCCN2)cc1. The van der Waals surface area contributed by atoms with Crippen LogP contribution < -0.4 is 10.6 Å². The fourth-order valence-corrected chi connectivity index (χ4v) is 2.57. The molecular weight excluding hydrogens is 236 g/mol. The van der Waals surface area contributed by atoms with E-state index in [1.807, 2.05) is 13.8 Å². The molecule has 1 aromatic carbocycles. The first kappa shape index (κ1) is 14.1. The standard InChI is InChI=1S/C16H24N2O/c1-4-13-6-8-14(9-7-13)12(2)18-15(19)16(3)10-5-11-17-16/h6-9,12,17H,4-5,10-11H2,1-3H3,(H,18,19). The Balaban J connectivity index is 1.99. The van der Waals surface area contributed by atoms with Crippen LogP contribution in [0.25, 0.3) is 0 Å². The van der Waals surface area contributed by atoms with Crippen LogP contribution in [-0.2, 0) is 11.2 Å². The average Bonchev–Trinajstić information content (AvgIpc) is 2.87. The molecule has 3 heteroatoms. The second kappa shape index (κ2) is 5.74. The van der Waals surface area contributed by atoms with Crippen LogP contribution in [0.1, 0.15) is 50.8 Å². The monoisotopic (exact) mass is 260 g/mol. The van der Waals surface area contributed by atoms with Crippen molar-refractivity contribution in [2.75, 3.05) is 6.54 Å². The molecule has 2 N–H and O–H groups in total. The van der Waals surface area contributed by atoms with Gasteiger partial charge in [0.2, 0.25) is 5.91 Å². The minimum absolute atomic E-state index is 0.0534. The number of hydrogen-bond donors (Lipinski definition) is 2. The summed E-state index contributed by atoms with van der Waals surface area (Å²) in [4.78, 5) is 12.3. The zero-order chi connectivity index (χ0) is 13.9. The van der Waals surface area contributed by atoms with Crippen molar-refractivity contribution >= 4 is 5.91 Å². The highest BCUT2D eigenvalue weighted by Gasteiger charge is 2.36. The zero-order valence-corrected chi connectivity index (χ0v) is 12.1. The maximum atomic E-state index is 12.3. The van der Waals surface area contributed by atoms with E-state index >= 15 is 0 Å². The third-order valence-electron chi connectivity index (χ3n) is 4.11. The van der Waals surface area contributed by atoms with Crippen LogP contribution in [0.3, 0.4) is 0 Å². The van der Waals surface area contributed by atoms with Crippen molar-refractivity contribution < 1.29 is 4.79 Å². The Morgan fingerprint density at radius 1 is 1.42 bits per heavy atom. The zero-order valence-electron chi connectivity index (χ0n) is 12.1. The van der Waals surface area contributed by atoms with E-state index in [0.29, 0.717) is 0 Å². The van der Waals surface area contributed by atoms with Gasteiger partial charge < -0.3 is 10.6 Å². The van der Waals surface area contributed by atoms with E-state index in [9.17, 15) is 4.79 Å². The van der Waals surface area contributed by atoms with Crippen LogP contribution in [0, 0.1) is 0 Å². The van der Waals surface area contributed by atoms with Gasteiger partial charge in [-0.2, -0.15) is 0 Å². The fraction of sp³-hybridized carbons (Fsp3) is 0.562. The van der Waals surface area contributed by atoms with E-state index in [-0.39, 0.29) is 11.9 Å². The molecule has 2 rings (SSSR count). The van der Waals surface area contributed by atoms with Gasteiger partial charge in [0.05, 0.1) is 11.6 Å². The molecule has 1 saturated heterocycles. The molecule has 0 aliphatic carbocycles. The van der Waals surface area contributed by atoms with Crippen LogP contribution in [-0.4, -0.2) is 18.0 Å². The molecular formula is C16H24N2O. The molecule has 1 aliphatic heterocycles. The second-order valence-corrected chi connectivity index (χ2v) is 5.65. The number of hydrogen-bond acceptors (Lipinski definition) is 2. The van der Waals surface area contributed by atoms with Gasteiger partial charge in [0.1, 0.15) is 0 Å². The lowest BCUT2D eigenvalue weighted by atomic mass is 9.98. The molecule has 3 nitrogen and oxygen atoms in total. The normalized spacial score (nSPS) is 24.2. The molecule has 1 aromatic rings. The number of benzene rings is 1. The highest BCUT2D eigenvalue weighted by Crippen LogP contribution is 2.21. The van der Waals surface area contributed by atoms with Crippen molar-refractivity contribution in [2.24, 2.45) is 0 Å². The molecule has 1 aliphatic rings. The van der Waals surface area contributed by atoms with E-state index < -0.39 is 5.54 Å². The summed E-state index contributed by atoms with van der Waals surface area (Å²) in [6, 6.07) is 8.53. The molecule has 1 amide bonds. The Morgan fingerprint density at radius 2 is 2.11 bits per heavy atom. The van der Waals surface area contributed by atoms with Crippen molar-refractivity contribution in [3.8, 4) is 0 Å². The molecule has 1 fully saturated rings. The Kier molecular flexibility index (Phi) is 4.25. The fourth-order valence-electron chi connectivity index (χ4n) is 2.57. The van der Waals surface area contributed by atoms with Crippen molar-refractivity contribution in [1.29, 1.82) is 0 Å². The molecule has 1 heterocycles. The summed E-state index contributed by atoms with van der Waals surface area (Å²) in [7, 11) is 0. The summed E-state index contributed by atoms with van der Waals surface area (Å²) >= 11 is 0.